The SMILES string of the molecule is N#CC(C#N)=Cc1ccccc1C(F)F. The van der Waals surface area contributed by atoms with Gasteiger partial charge in [-0.15, -0.1) is 0 Å². The minimum absolute atomic E-state index is 0.180. The third kappa shape index (κ3) is 2.62. The second-order valence-corrected chi connectivity index (χ2v) is 2.71. The molecule has 0 bridgehead atoms. The Kier molecular flexibility index (Phi) is 3.54. The molecule has 1 aromatic rings. The summed E-state index contributed by atoms with van der Waals surface area (Å²) in [6.07, 6.45) is -1.46. The number of rotatable bonds is 2. The van der Waals surface area contributed by atoms with Crippen LogP contribution in [0.3, 0.4) is 0 Å². The number of hydrogen-bond donors (Lipinski definition) is 0. The molecule has 4 heteroatoms. The van der Waals surface area contributed by atoms with E-state index in [1.807, 2.05) is 0 Å². The molecule has 0 saturated heterocycles. The minimum atomic E-state index is -2.61. The molecule has 0 atom stereocenters. The summed E-state index contributed by atoms with van der Waals surface area (Å²) < 4.78 is 25.0. The second-order valence-electron chi connectivity index (χ2n) is 2.71. The highest BCUT2D eigenvalue weighted by Gasteiger charge is 2.10. The lowest BCUT2D eigenvalue weighted by Crippen LogP contribution is -1.89. The zero-order valence-electron chi connectivity index (χ0n) is 7.61. The van der Waals surface area contributed by atoms with Crippen molar-refractivity contribution in [2.24, 2.45) is 0 Å². The van der Waals surface area contributed by atoms with Crippen molar-refractivity contribution in [3.63, 3.8) is 0 Å². The van der Waals surface area contributed by atoms with Crippen LogP contribution in [0.4, 0.5) is 8.78 Å². The van der Waals surface area contributed by atoms with Crippen LogP contribution in [0.15, 0.2) is 29.8 Å². The molecule has 1 aromatic carbocycles. The average Bonchev–Trinajstić information content (AvgIpc) is 2.26. The first kappa shape index (κ1) is 10.9. The summed E-state index contributed by atoms with van der Waals surface area (Å²) in [6.45, 7) is 0. The Bertz CT molecular complexity index is 448. The number of alkyl halides is 2. The Balaban J connectivity index is 3.23. The van der Waals surface area contributed by atoms with Gasteiger partial charge in [-0.2, -0.15) is 10.5 Å². The third-order valence-corrected chi connectivity index (χ3v) is 1.77. The van der Waals surface area contributed by atoms with E-state index < -0.39 is 6.43 Å². The van der Waals surface area contributed by atoms with Gasteiger partial charge in [-0.05, 0) is 11.6 Å². The molecule has 0 aromatic heterocycles. The highest BCUT2D eigenvalue weighted by molar-refractivity contribution is 5.64. The molecular formula is C11H6F2N2. The fourth-order valence-electron chi connectivity index (χ4n) is 1.09. The van der Waals surface area contributed by atoms with Crippen LogP contribution in [0, 0.1) is 22.7 Å². The van der Waals surface area contributed by atoms with Crippen molar-refractivity contribution >= 4 is 6.08 Å². The molecule has 15 heavy (non-hydrogen) atoms. The van der Waals surface area contributed by atoms with E-state index in [9.17, 15) is 8.78 Å². The molecule has 0 saturated carbocycles. The van der Waals surface area contributed by atoms with E-state index in [1.165, 1.54) is 18.2 Å². The van der Waals surface area contributed by atoms with E-state index in [-0.39, 0.29) is 16.7 Å². The molecule has 74 valence electrons. The zero-order valence-corrected chi connectivity index (χ0v) is 7.61. The summed E-state index contributed by atoms with van der Waals surface area (Å²) in [4.78, 5) is 0. The molecule has 0 fully saturated rings. The maximum Gasteiger partial charge on any atom is 0.264 e. The van der Waals surface area contributed by atoms with Crippen LogP contribution in [0.25, 0.3) is 6.08 Å². The van der Waals surface area contributed by atoms with Gasteiger partial charge in [0, 0.05) is 5.56 Å². The van der Waals surface area contributed by atoms with Gasteiger partial charge in [0.05, 0.1) is 0 Å². The molecule has 0 amide bonds. The van der Waals surface area contributed by atoms with Gasteiger partial charge in [-0.1, -0.05) is 24.3 Å². The summed E-state index contributed by atoms with van der Waals surface area (Å²) in [5.41, 5.74) is -0.172. The van der Waals surface area contributed by atoms with E-state index >= 15 is 0 Å². The van der Waals surface area contributed by atoms with Gasteiger partial charge >= 0.3 is 0 Å². The standard InChI is InChI=1S/C11H6F2N2/c12-11(13)10-4-2-1-3-9(10)5-8(6-14)7-15/h1-5,11H. The molecule has 0 aliphatic heterocycles. The molecule has 0 radical (unpaired) electrons. The maximum atomic E-state index is 12.5. The van der Waals surface area contributed by atoms with Gasteiger partial charge in [0.2, 0.25) is 0 Å². The summed E-state index contributed by atoms with van der Waals surface area (Å²) in [6, 6.07) is 9.01. The third-order valence-electron chi connectivity index (χ3n) is 1.77. The molecule has 0 aliphatic rings. The van der Waals surface area contributed by atoms with Gasteiger partial charge < -0.3 is 0 Å². The van der Waals surface area contributed by atoms with Gasteiger partial charge in [-0.3, -0.25) is 0 Å². The number of nitrogens with zero attached hydrogens (tertiary/aromatic N) is 2. The highest BCUT2D eigenvalue weighted by Crippen LogP contribution is 2.24. The number of benzene rings is 1. The quantitative estimate of drug-likeness (QED) is 0.695. The lowest BCUT2D eigenvalue weighted by molar-refractivity contribution is 0.151. The normalized spacial score (nSPS) is 9.13. The monoisotopic (exact) mass is 204 g/mol. The second kappa shape index (κ2) is 4.88. The summed E-state index contributed by atoms with van der Waals surface area (Å²) >= 11 is 0. The van der Waals surface area contributed by atoms with Crippen molar-refractivity contribution in [3.05, 3.63) is 41.0 Å². The number of hydrogen-bond acceptors (Lipinski definition) is 2. The first-order chi connectivity index (χ1) is 7.19. The number of halogens is 2. The zero-order chi connectivity index (χ0) is 11.3. The molecule has 1 rings (SSSR count). The van der Waals surface area contributed by atoms with Gasteiger partial charge in [0.15, 0.2) is 0 Å². The van der Waals surface area contributed by atoms with Crippen LogP contribution in [0.5, 0.6) is 0 Å². The van der Waals surface area contributed by atoms with Gasteiger partial charge in [0.25, 0.3) is 6.43 Å². The van der Waals surface area contributed by atoms with Gasteiger partial charge in [-0.25, -0.2) is 8.78 Å². The molecule has 0 spiro atoms. The van der Waals surface area contributed by atoms with Crippen LogP contribution in [0.2, 0.25) is 0 Å². The van der Waals surface area contributed by atoms with Crippen LogP contribution in [0.1, 0.15) is 17.6 Å². The Hall–Kier alpha value is -2.20. The molecular weight excluding hydrogens is 198 g/mol. The number of nitriles is 2. The molecule has 0 heterocycles. The predicted octanol–water partition coefficient (Wildman–Crippen LogP) is 3.05. The highest BCUT2D eigenvalue weighted by atomic mass is 19.3. The van der Waals surface area contributed by atoms with Crippen molar-refractivity contribution < 1.29 is 8.78 Å². The van der Waals surface area contributed by atoms with E-state index in [4.69, 9.17) is 10.5 Å². The largest absolute Gasteiger partial charge is 0.264 e. The molecule has 0 unspecified atom stereocenters. The first-order valence-electron chi connectivity index (χ1n) is 4.08. The van der Waals surface area contributed by atoms with Crippen LogP contribution < -0.4 is 0 Å². The van der Waals surface area contributed by atoms with Crippen molar-refractivity contribution in [3.8, 4) is 12.1 Å². The van der Waals surface area contributed by atoms with Crippen molar-refractivity contribution in [1.82, 2.24) is 0 Å². The van der Waals surface area contributed by atoms with Crippen molar-refractivity contribution in [2.45, 2.75) is 6.43 Å². The number of allylic oxidation sites excluding steroid dienone is 1. The molecule has 2 nitrogen and oxygen atoms in total. The average molecular weight is 204 g/mol. The minimum Gasteiger partial charge on any atom is -0.205 e. The van der Waals surface area contributed by atoms with Gasteiger partial charge in [0.1, 0.15) is 17.7 Å². The molecule has 0 aliphatic carbocycles. The molecule has 0 N–H and O–H groups in total. The van der Waals surface area contributed by atoms with Crippen molar-refractivity contribution in [1.29, 1.82) is 10.5 Å². The fraction of sp³-hybridized carbons (Fsp3) is 0.0909. The lowest BCUT2D eigenvalue weighted by atomic mass is 10.1. The summed E-state index contributed by atoms with van der Waals surface area (Å²) in [7, 11) is 0. The van der Waals surface area contributed by atoms with E-state index in [0.29, 0.717) is 0 Å². The van der Waals surface area contributed by atoms with Crippen LogP contribution >= 0.6 is 0 Å². The summed E-state index contributed by atoms with van der Waals surface area (Å²) in [5.74, 6) is 0. The predicted molar refractivity (Wildman–Crippen MR) is 50.6 cm³/mol. The Labute approximate surface area is 85.7 Å². The van der Waals surface area contributed by atoms with Crippen molar-refractivity contribution in [2.75, 3.05) is 0 Å². The topological polar surface area (TPSA) is 47.6 Å². The Morgan fingerprint density at radius 3 is 2.33 bits per heavy atom. The fourth-order valence-corrected chi connectivity index (χ4v) is 1.09. The Morgan fingerprint density at radius 1 is 1.20 bits per heavy atom. The summed E-state index contributed by atoms with van der Waals surface area (Å²) in [5, 5.41) is 17.0. The van der Waals surface area contributed by atoms with E-state index in [1.54, 1.807) is 18.2 Å². The Morgan fingerprint density at radius 2 is 1.80 bits per heavy atom. The van der Waals surface area contributed by atoms with E-state index in [2.05, 4.69) is 0 Å². The maximum absolute atomic E-state index is 12.5. The van der Waals surface area contributed by atoms with Crippen LogP contribution in [-0.4, -0.2) is 0 Å². The smallest absolute Gasteiger partial charge is 0.205 e. The van der Waals surface area contributed by atoms with Crippen LogP contribution in [-0.2, 0) is 0 Å². The van der Waals surface area contributed by atoms with E-state index in [0.717, 1.165) is 6.08 Å². The lowest BCUT2D eigenvalue weighted by Gasteiger charge is -2.03. The first-order valence-corrected chi connectivity index (χ1v) is 4.08.